The number of aliphatic hydroxyl groups is 1. The second kappa shape index (κ2) is 7.85. The predicted octanol–water partition coefficient (Wildman–Crippen LogP) is 3.04. The van der Waals surface area contributed by atoms with Crippen molar-refractivity contribution in [2.75, 3.05) is 25.0 Å². The Morgan fingerprint density at radius 3 is 2.60 bits per heavy atom. The Bertz CT molecular complexity index is 728. The first kappa shape index (κ1) is 17.7. The van der Waals surface area contributed by atoms with Crippen LogP contribution in [0.2, 0.25) is 5.02 Å². The van der Waals surface area contributed by atoms with Gasteiger partial charge in [-0.2, -0.15) is 0 Å². The fraction of sp³-hybridized carbons (Fsp3) is 0.368. The molecule has 0 radical (unpaired) electrons. The summed E-state index contributed by atoms with van der Waals surface area (Å²) < 4.78 is 0. The highest BCUT2D eigenvalue weighted by molar-refractivity contribution is 6.30. The first-order chi connectivity index (χ1) is 12.1. The molecule has 1 fully saturated rings. The van der Waals surface area contributed by atoms with Crippen LogP contribution in [-0.2, 0) is 0 Å². The van der Waals surface area contributed by atoms with Crippen LogP contribution in [0.5, 0.6) is 0 Å². The Morgan fingerprint density at radius 2 is 1.96 bits per heavy atom. The van der Waals surface area contributed by atoms with Crippen molar-refractivity contribution in [3.8, 4) is 0 Å². The van der Waals surface area contributed by atoms with E-state index in [1.54, 1.807) is 37.5 Å². The maximum Gasteiger partial charge on any atom is 0.254 e. The third kappa shape index (κ3) is 3.94. The van der Waals surface area contributed by atoms with Gasteiger partial charge in [-0.25, -0.2) is 4.98 Å². The molecule has 6 heteroatoms. The minimum Gasteiger partial charge on any atom is -0.388 e. The summed E-state index contributed by atoms with van der Waals surface area (Å²) in [7, 11) is 1.62. The van der Waals surface area contributed by atoms with Gasteiger partial charge in [0.1, 0.15) is 5.82 Å². The zero-order valence-electron chi connectivity index (χ0n) is 14.2. The molecule has 0 aliphatic carbocycles. The van der Waals surface area contributed by atoms with Crippen molar-refractivity contribution < 1.29 is 9.90 Å². The minimum atomic E-state index is -0.499. The molecule has 2 aromatic rings. The van der Waals surface area contributed by atoms with Gasteiger partial charge >= 0.3 is 0 Å². The molecule has 1 aromatic carbocycles. The smallest absolute Gasteiger partial charge is 0.254 e. The van der Waals surface area contributed by atoms with Crippen molar-refractivity contribution in [1.82, 2.24) is 10.3 Å². The van der Waals surface area contributed by atoms with E-state index in [-0.39, 0.29) is 11.8 Å². The van der Waals surface area contributed by atoms with E-state index in [2.05, 4.69) is 15.2 Å². The summed E-state index contributed by atoms with van der Waals surface area (Å²) in [5.74, 6) is 0.761. The average molecular weight is 360 g/mol. The highest BCUT2D eigenvalue weighted by Gasteiger charge is 2.28. The van der Waals surface area contributed by atoms with Crippen LogP contribution in [0.25, 0.3) is 0 Å². The number of rotatable bonds is 4. The van der Waals surface area contributed by atoms with Crippen LogP contribution in [0.4, 0.5) is 5.82 Å². The van der Waals surface area contributed by atoms with Gasteiger partial charge in [-0.05, 0) is 48.6 Å². The molecule has 2 N–H and O–H groups in total. The molecule has 1 saturated heterocycles. The minimum absolute atomic E-state index is 0.133. The lowest BCUT2D eigenvalue weighted by molar-refractivity contribution is 0.0923. The normalized spacial score (nSPS) is 16.5. The molecule has 5 nitrogen and oxygen atoms in total. The number of nitrogens with zero attached hydrogens (tertiary/aromatic N) is 2. The van der Waals surface area contributed by atoms with E-state index in [4.69, 9.17) is 11.6 Å². The first-order valence-corrected chi connectivity index (χ1v) is 8.83. The quantitative estimate of drug-likeness (QED) is 0.880. The summed E-state index contributed by atoms with van der Waals surface area (Å²) in [5.41, 5.74) is 1.48. The molecule has 132 valence electrons. The van der Waals surface area contributed by atoms with Crippen LogP contribution in [-0.4, -0.2) is 36.1 Å². The molecular formula is C19H22ClN3O2. The lowest BCUT2D eigenvalue weighted by atomic mass is 9.87. The molecule has 1 unspecified atom stereocenters. The number of benzene rings is 1. The van der Waals surface area contributed by atoms with E-state index < -0.39 is 6.10 Å². The number of aliphatic hydroxyl groups excluding tert-OH is 1. The Labute approximate surface area is 152 Å². The largest absolute Gasteiger partial charge is 0.388 e. The Kier molecular flexibility index (Phi) is 5.56. The number of carbonyl (C=O) groups excluding carboxylic acids is 1. The van der Waals surface area contributed by atoms with E-state index in [0.29, 0.717) is 16.4 Å². The van der Waals surface area contributed by atoms with Crippen LogP contribution in [0, 0.1) is 5.92 Å². The molecule has 0 bridgehead atoms. The van der Waals surface area contributed by atoms with E-state index in [1.165, 1.54) is 0 Å². The molecule has 25 heavy (non-hydrogen) atoms. The van der Waals surface area contributed by atoms with Gasteiger partial charge in [0.25, 0.3) is 5.91 Å². The van der Waals surface area contributed by atoms with Crippen LogP contribution < -0.4 is 10.2 Å². The van der Waals surface area contributed by atoms with Gasteiger partial charge in [-0.1, -0.05) is 23.7 Å². The molecule has 3 rings (SSSR count). The van der Waals surface area contributed by atoms with Gasteiger partial charge in [0, 0.05) is 31.4 Å². The average Bonchev–Trinajstić information content (AvgIpc) is 2.67. The molecule has 1 aliphatic rings. The summed E-state index contributed by atoms with van der Waals surface area (Å²) >= 11 is 5.91. The number of pyridine rings is 1. The lowest BCUT2D eigenvalue weighted by Gasteiger charge is -2.35. The van der Waals surface area contributed by atoms with Crippen molar-refractivity contribution >= 4 is 23.3 Å². The predicted molar refractivity (Wildman–Crippen MR) is 99.0 cm³/mol. The number of anilines is 1. The summed E-state index contributed by atoms with van der Waals surface area (Å²) in [5, 5.41) is 14.0. The SMILES string of the molecule is CNC(=O)c1cccnc1N1CCC(C(O)c2ccc(Cl)cc2)CC1. The van der Waals surface area contributed by atoms with E-state index in [0.717, 1.165) is 31.5 Å². The Balaban J connectivity index is 1.68. The van der Waals surface area contributed by atoms with E-state index >= 15 is 0 Å². The Hall–Kier alpha value is -2.11. The summed E-state index contributed by atoms with van der Waals surface area (Å²) in [6.07, 6.45) is 2.89. The standard InChI is InChI=1S/C19H22ClN3O2/c1-21-19(25)16-3-2-10-22-18(16)23-11-8-14(9-12-23)17(24)13-4-6-15(20)7-5-13/h2-7,10,14,17,24H,8-9,11-12H2,1H3,(H,21,25). The molecule has 2 heterocycles. The topological polar surface area (TPSA) is 65.5 Å². The van der Waals surface area contributed by atoms with Crippen LogP contribution in [0.1, 0.15) is 34.9 Å². The van der Waals surface area contributed by atoms with Crippen LogP contribution in [0.3, 0.4) is 0 Å². The molecule has 1 amide bonds. The van der Waals surface area contributed by atoms with Crippen molar-refractivity contribution in [2.24, 2.45) is 5.92 Å². The third-order valence-corrected chi connectivity index (χ3v) is 5.01. The monoisotopic (exact) mass is 359 g/mol. The molecule has 1 aliphatic heterocycles. The van der Waals surface area contributed by atoms with Gasteiger partial charge in [0.15, 0.2) is 0 Å². The number of hydrogen-bond donors (Lipinski definition) is 2. The maximum atomic E-state index is 12.0. The zero-order valence-corrected chi connectivity index (χ0v) is 14.9. The van der Waals surface area contributed by atoms with Gasteiger partial charge in [-0.15, -0.1) is 0 Å². The lowest BCUT2D eigenvalue weighted by Crippen LogP contribution is -2.37. The number of aromatic nitrogens is 1. The van der Waals surface area contributed by atoms with Gasteiger partial charge in [0.05, 0.1) is 11.7 Å². The number of carbonyl (C=O) groups is 1. The van der Waals surface area contributed by atoms with Crippen molar-refractivity contribution in [3.05, 3.63) is 58.7 Å². The van der Waals surface area contributed by atoms with Gasteiger partial charge in [-0.3, -0.25) is 4.79 Å². The second-order valence-electron chi connectivity index (χ2n) is 6.27. The first-order valence-electron chi connectivity index (χ1n) is 8.45. The molecule has 1 aromatic heterocycles. The van der Waals surface area contributed by atoms with E-state index in [1.807, 2.05) is 12.1 Å². The zero-order chi connectivity index (χ0) is 17.8. The Morgan fingerprint density at radius 1 is 1.28 bits per heavy atom. The second-order valence-corrected chi connectivity index (χ2v) is 6.71. The van der Waals surface area contributed by atoms with Crippen molar-refractivity contribution in [3.63, 3.8) is 0 Å². The van der Waals surface area contributed by atoms with E-state index in [9.17, 15) is 9.90 Å². The van der Waals surface area contributed by atoms with Gasteiger partial charge < -0.3 is 15.3 Å². The summed E-state index contributed by atoms with van der Waals surface area (Å²) in [6.45, 7) is 1.52. The number of piperidine rings is 1. The number of halogens is 1. The summed E-state index contributed by atoms with van der Waals surface area (Å²) in [6, 6.07) is 10.9. The fourth-order valence-electron chi connectivity index (χ4n) is 3.32. The summed E-state index contributed by atoms with van der Waals surface area (Å²) in [4.78, 5) is 18.6. The highest BCUT2D eigenvalue weighted by Crippen LogP contribution is 2.33. The number of hydrogen-bond acceptors (Lipinski definition) is 4. The highest BCUT2D eigenvalue weighted by atomic mass is 35.5. The van der Waals surface area contributed by atoms with Crippen molar-refractivity contribution in [2.45, 2.75) is 18.9 Å². The van der Waals surface area contributed by atoms with Gasteiger partial charge in [0.2, 0.25) is 0 Å². The maximum absolute atomic E-state index is 12.0. The molecule has 1 atom stereocenters. The number of nitrogens with one attached hydrogen (secondary N) is 1. The third-order valence-electron chi connectivity index (χ3n) is 4.76. The van der Waals surface area contributed by atoms with Crippen molar-refractivity contribution in [1.29, 1.82) is 0 Å². The van der Waals surface area contributed by atoms with Crippen LogP contribution >= 0.6 is 11.6 Å². The molecular weight excluding hydrogens is 338 g/mol. The number of amides is 1. The van der Waals surface area contributed by atoms with Crippen LogP contribution in [0.15, 0.2) is 42.6 Å². The fourth-order valence-corrected chi connectivity index (χ4v) is 3.45. The molecule has 0 spiro atoms. The molecule has 0 saturated carbocycles.